The van der Waals surface area contributed by atoms with Gasteiger partial charge in [0, 0.05) is 20.1 Å². The summed E-state index contributed by atoms with van der Waals surface area (Å²) >= 11 is 0. The summed E-state index contributed by atoms with van der Waals surface area (Å²) in [6, 6.07) is 18.4. The van der Waals surface area contributed by atoms with Crippen LogP contribution < -0.4 is 15.4 Å². The van der Waals surface area contributed by atoms with Crippen molar-refractivity contribution in [2.45, 2.75) is 13.0 Å². The second-order valence-corrected chi connectivity index (χ2v) is 4.94. The van der Waals surface area contributed by atoms with Crippen molar-refractivity contribution in [2.24, 2.45) is 4.99 Å². The van der Waals surface area contributed by atoms with Gasteiger partial charge in [-0.1, -0.05) is 42.5 Å². The highest BCUT2D eigenvalue weighted by Crippen LogP contribution is 2.10. The highest BCUT2D eigenvalue weighted by molar-refractivity contribution is 5.79. The fourth-order valence-corrected chi connectivity index (χ4v) is 2.12. The Balaban J connectivity index is 1.75. The van der Waals surface area contributed by atoms with Crippen molar-refractivity contribution in [3.05, 3.63) is 65.7 Å². The zero-order chi connectivity index (χ0) is 15.6. The Morgan fingerprint density at radius 3 is 2.32 bits per heavy atom. The molecule has 0 heterocycles. The minimum Gasteiger partial charge on any atom is -0.497 e. The van der Waals surface area contributed by atoms with Crippen LogP contribution in [0.25, 0.3) is 0 Å². The third-order valence-electron chi connectivity index (χ3n) is 3.39. The van der Waals surface area contributed by atoms with Crippen molar-refractivity contribution in [3.63, 3.8) is 0 Å². The van der Waals surface area contributed by atoms with Crippen molar-refractivity contribution in [3.8, 4) is 5.75 Å². The Kier molecular flexibility index (Phi) is 6.30. The Morgan fingerprint density at radius 2 is 1.68 bits per heavy atom. The van der Waals surface area contributed by atoms with Gasteiger partial charge in [-0.15, -0.1) is 0 Å². The van der Waals surface area contributed by atoms with E-state index < -0.39 is 0 Å². The molecule has 0 aliphatic heterocycles. The van der Waals surface area contributed by atoms with E-state index in [-0.39, 0.29) is 0 Å². The first-order chi connectivity index (χ1) is 10.8. The minimum absolute atomic E-state index is 0.731. The number of nitrogens with zero attached hydrogens (tertiary/aromatic N) is 1. The minimum atomic E-state index is 0.731. The third-order valence-corrected chi connectivity index (χ3v) is 3.39. The monoisotopic (exact) mass is 297 g/mol. The van der Waals surface area contributed by atoms with E-state index in [0.717, 1.165) is 31.2 Å². The number of benzene rings is 2. The van der Waals surface area contributed by atoms with E-state index in [9.17, 15) is 0 Å². The molecular weight excluding hydrogens is 274 g/mol. The molecule has 0 aromatic heterocycles. The Bertz CT molecular complexity index is 579. The molecule has 2 aromatic rings. The van der Waals surface area contributed by atoms with Gasteiger partial charge < -0.3 is 15.4 Å². The SMILES string of the molecule is CN=C(NCCc1ccccc1)NCc1ccc(OC)cc1. The van der Waals surface area contributed by atoms with Crippen molar-refractivity contribution in [2.75, 3.05) is 20.7 Å². The summed E-state index contributed by atoms with van der Waals surface area (Å²) in [5.74, 6) is 1.68. The van der Waals surface area contributed by atoms with Crippen molar-refractivity contribution in [1.82, 2.24) is 10.6 Å². The Hall–Kier alpha value is -2.49. The smallest absolute Gasteiger partial charge is 0.191 e. The van der Waals surface area contributed by atoms with Crippen molar-refractivity contribution < 1.29 is 4.74 Å². The fourth-order valence-electron chi connectivity index (χ4n) is 2.12. The molecule has 0 aliphatic carbocycles. The first-order valence-electron chi connectivity index (χ1n) is 7.43. The molecule has 0 radical (unpaired) electrons. The third kappa shape index (κ3) is 5.13. The van der Waals surface area contributed by atoms with Crippen LogP contribution in [0.2, 0.25) is 0 Å². The molecule has 0 amide bonds. The summed E-state index contributed by atoms with van der Waals surface area (Å²) in [6.45, 7) is 1.58. The highest BCUT2D eigenvalue weighted by Gasteiger charge is 1.99. The molecule has 0 bridgehead atoms. The van der Waals surface area contributed by atoms with Gasteiger partial charge in [-0.25, -0.2) is 0 Å². The van der Waals surface area contributed by atoms with E-state index >= 15 is 0 Å². The maximum atomic E-state index is 5.15. The number of ether oxygens (including phenoxy) is 1. The summed E-state index contributed by atoms with van der Waals surface area (Å²) in [6.07, 6.45) is 0.976. The van der Waals surface area contributed by atoms with Crippen molar-refractivity contribution in [1.29, 1.82) is 0 Å². The maximum absolute atomic E-state index is 5.15. The molecule has 0 spiro atoms. The van der Waals surface area contributed by atoms with E-state index in [1.54, 1.807) is 14.2 Å². The number of hydrogen-bond acceptors (Lipinski definition) is 2. The number of guanidine groups is 1. The van der Waals surface area contributed by atoms with Crippen LogP contribution in [0.1, 0.15) is 11.1 Å². The van der Waals surface area contributed by atoms with Gasteiger partial charge in [0.1, 0.15) is 5.75 Å². The predicted molar refractivity (Wildman–Crippen MR) is 91.3 cm³/mol. The number of methoxy groups -OCH3 is 1. The number of hydrogen-bond donors (Lipinski definition) is 2. The number of rotatable bonds is 6. The average Bonchev–Trinajstić information content (AvgIpc) is 2.59. The lowest BCUT2D eigenvalue weighted by molar-refractivity contribution is 0.414. The lowest BCUT2D eigenvalue weighted by Gasteiger charge is -2.12. The molecule has 0 atom stereocenters. The maximum Gasteiger partial charge on any atom is 0.191 e. The van der Waals surface area contributed by atoms with Gasteiger partial charge in [-0.05, 0) is 29.7 Å². The van der Waals surface area contributed by atoms with Crippen LogP contribution in [0, 0.1) is 0 Å². The van der Waals surface area contributed by atoms with E-state index in [0.29, 0.717) is 0 Å². The van der Waals surface area contributed by atoms with Gasteiger partial charge in [0.25, 0.3) is 0 Å². The van der Waals surface area contributed by atoms with E-state index in [1.165, 1.54) is 11.1 Å². The summed E-state index contributed by atoms with van der Waals surface area (Å²) in [5.41, 5.74) is 2.51. The first-order valence-corrected chi connectivity index (χ1v) is 7.43. The molecule has 0 unspecified atom stereocenters. The van der Waals surface area contributed by atoms with Crippen LogP contribution in [-0.4, -0.2) is 26.7 Å². The van der Waals surface area contributed by atoms with E-state index in [2.05, 4.69) is 39.9 Å². The average molecular weight is 297 g/mol. The van der Waals surface area contributed by atoms with Crippen LogP contribution >= 0.6 is 0 Å². The van der Waals surface area contributed by atoms with Crippen LogP contribution in [0.5, 0.6) is 5.75 Å². The lowest BCUT2D eigenvalue weighted by Crippen LogP contribution is -2.37. The van der Waals surface area contributed by atoms with Crippen LogP contribution in [0.15, 0.2) is 59.6 Å². The van der Waals surface area contributed by atoms with Gasteiger partial charge in [0.15, 0.2) is 5.96 Å². The summed E-state index contributed by atoms with van der Waals surface area (Å²) in [5, 5.41) is 6.63. The van der Waals surface area contributed by atoms with Gasteiger partial charge in [-0.2, -0.15) is 0 Å². The molecule has 0 saturated heterocycles. The molecule has 4 heteroatoms. The molecule has 0 aliphatic rings. The van der Waals surface area contributed by atoms with E-state index in [4.69, 9.17) is 4.74 Å². The zero-order valence-electron chi connectivity index (χ0n) is 13.2. The van der Waals surface area contributed by atoms with E-state index in [1.807, 2.05) is 30.3 Å². The number of aliphatic imine (C=N–C) groups is 1. The molecule has 2 rings (SSSR count). The molecule has 116 valence electrons. The van der Waals surface area contributed by atoms with Crippen LogP contribution in [0.3, 0.4) is 0 Å². The molecule has 2 aromatic carbocycles. The number of nitrogens with one attached hydrogen (secondary N) is 2. The van der Waals surface area contributed by atoms with Crippen LogP contribution in [-0.2, 0) is 13.0 Å². The van der Waals surface area contributed by atoms with Gasteiger partial charge in [0.05, 0.1) is 7.11 Å². The topological polar surface area (TPSA) is 45.7 Å². The molecule has 2 N–H and O–H groups in total. The molecule has 0 saturated carbocycles. The Morgan fingerprint density at radius 1 is 0.955 bits per heavy atom. The summed E-state index contributed by atoms with van der Waals surface area (Å²) in [4.78, 5) is 4.24. The second-order valence-electron chi connectivity index (χ2n) is 4.94. The van der Waals surface area contributed by atoms with Crippen LogP contribution in [0.4, 0.5) is 0 Å². The Labute approximate surface area is 132 Å². The normalized spacial score (nSPS) is 11.1. The van der Waals surface area contributed by atoms with Crippen molar-refractivity contribution >= 4 is 5.96 Å². The van der Waals surface area contributed by atoms with Gasteiger partial charge >= 0.3 is 0 Å². The predicted octanol–water partition coefficient (Wildman–Crippen LogP) is 2.60. The lowest BCUT2D eigenvalue weighted by atomic mass is 10.1. The quantitative estimate of drug-likeness (QED) is 0.636. The van der Waals surface area contributed by atoms with Gasteiger partial charge in [-0.3, -0.25) is 4.99 Å². The summed E-state index contributed by atoms with van der Waals surface area (Å²) < 4.78 is 5.15. The molecule has 22 heavy (non-hydrogen) atoms. The zero-order valence-corrected chi connectivity index (χ0v) is 13.2. The first kappa shape index (κ1) is 15.9. The molecule has 4 nitrogen and oxygen atoms in total. The van der Waals surface area contributed by atoms with Gasteiger partial charge in [0.2, 0.25) is 0 Å². The largest absolute Gasteiger partial charge is 0.497 e. The highest BCUT2D eigenvalue weighted by atomic mass is 16.5. The summed E-state index contributed by atoms with van der Waals surface area (Å²) in [7, 11) is 3.46. The fraction of sp³-hybridized carbons (Fsp3) is 0.278. The second kappa shape index (κ2) is 8.72. The standard InChI is InChI=1S/C18H23N3O/c1-19-18(20-13-12-15-6-4-3-5-7-15)21-14-16-8-10-17(22-2)11-9-16/h3-11H,12-14H2,1-2H3,(H2,19,20,21). The molecular formula is C18H23N3O. The molecule has 0 fully saturated rings.